The van der Waals surface area contributed by atoms with Crippen molar-refractivity contribution in [3.8, 4) is 17.2 Å². The van der Waals surface area contributed by atoms with Gasteiger partial charge in [0.15, 0.2) is 11.5 Å². The first-order valence-corrected chi connectivity index (χ1v) is 8.75. The zero-order valence-corrected chi connectivity index (χ0v) is 16.1. The molecule has 0 aromatic heterocycles. The van der Waals surface area contributed by atoms with Crippen LogP contribution in [0.1, 0.15) is 18.1 Å². The van der Waals surface area contributed by atoms with Crippen LogP contribution in [0.25, 0.3) is 0 Å². The van der Waals surface area contributed by atoms with Gasteiger partial charge in [-0.3, -0.25) is 0 Å². The average molecular weight is 394 g/mol. The molecule has 2 aromatic rings. The molecule has 28 heavy (non-hydrogen) atoms. The van der Waals surface area contributed by atoms with Crippen LogP contribution in [0.3, 0.4) is 0 Å². The van der Waals surface area contributed by atoms with Gasteiger partial charge in [0.25, 0.3) is 0 Å². The first-order valence-electron chi connectivity index (χ1n) is 8.75. The third-order valence-electron chi connectivity index (χ3n) is 3.89. The molecule has 0 heterocycles. The number of alkyl halides is 2. The van der Waals surface area contributed by atoms with E-state index < -0.39 is 6.61 Å². The number of amides is 2. The molecule has 2 amide bonds. The van der Waals surface area contributed by atoms with Crippen LogP contribution in [-0.2, 0) is 13.1 Å². The van der Waals surface area contributed by atoms with Crippen LogP contribution in [0, 0.1) is 0 Å². The molecule has 6 nitrogen and oxygen atoms in total. The van der Waals surface area contributed by atoms with Crippen molar-refractivity contribution >= 4 is 6.03 Å². The number of urea groups is 1. The van der Waals surface area contributed by atoms with Gasteiger partial charge in [-0.1, -0.05) is 18.2 Å². The van der Waals surface area contributed by atoms with E-state index >= 15 is 0 Å². The number of nitrogens with zero attached hydrogens (tertiary/aromatic N) is 1. The molecule has 0 radical (unpaired) electrons. The van der Waals surface area contributed by atoms with Gasteiger partial charge >= 0.3 is 12.6 Å². The summed E-state index contributed by atoms with van der Waals surface area (Å²) in [6, 6.07) is 11.4. The highest BCUT2D eigenvalue weighted by atomic mass is 19.3. The van der Waals surface area contributed by atoms with E-state index in [4.69, 9.17) is 9.47 Å². The monoisotopic (exact) mass is 394 g/mol. The van der Waals surface area contributed by atoms with E-state index in [0.29, 0.717) is 31.2 Å². The summed E-state index contributed by atoms with van der Waals surface area (Å²) in [5.74, 6) is 1.33. The SMILES string of the molecule is CCOc1ccc(CNC(=O)N(C)Cc2ccc(OC(F)F)cc2)cc1OC. The number of hydrogen-bond donors (Lipinski definition) is 1. The molecule has 152 valence electrons. The molecule has 0 aliphatic carbocycles. The highest BCUT2D eigenvalue weighted by molar-refractivity contribution is 5.73. The van der Waals surface area contributed by atoms with Crippen molar-refractivity contribution in [2.45, 2.75) is 26.6 Å². The van der Waals surface area contributed by atoms with Crippen molar-refractivity contribution in [2.24, 2.45) is 0 Å². The zero-order valence-electron chi connectivity index (χ0n) is 16.1. The third kappa shape index (κ3) is 6.29. The second-order valence-corrected chi connectivity index (χ2v) is 5.96. The van der Waals surface area contributed by atoms with Crippen LogP contribution in [0.2, 0.25) is 0 Å². The van der Waals surface area contributed by atoms with Crippen LogP contribution in [-0.4, -0.2) is 38.3 Å². The fourth-order valence-electron chi connectivity index (χ4n) is 2.53. The van der Waals surface area contributed by atoms with Crippen LogP contribution >= 0.6 is 0 Å². The van der Waals surface area contributed by atoms with E-state index in [9.17, 15) is 13.6 Å². The topological polar surface area (TPSA) is 60.0 Å². The highest BCUT2D eigenvalue weighted by Gasteiger charge is 2.11. The van der Waals surface area contributed by atoms with Crippen LogP contribution in [0.5, 0.6) is 17.2 Å². The number of halogens is 2. The Bertz CT molecular complexity index is 769. The maximum atomic E-state index is 12.3. The highest BCUT2D eigenvalue weighted by Crippen LogP contribution is 2.28. The normalized spacial score (nSPS) is 10.5. The second-order valence-electron chi connectivity index (χ2n) is 5.96. The van der Waals surface area contributed by atoms with Crippen molar-refractivity contribution in [3.05, 3.63) is 53.6 Å². The molecule has 1 N–H and O–H groups in total. The largest absolute Gasteiger partial charge is 0.493 e. The van der Waals surface area contributed by atoms with Crippen molar-refractivity contribution in [2.75, 3.05) is 20.8 Å². The summed E-state index contributed by atoms with van der Waals surface area (Å²) >= 11 is 0. The Balaban J connectivity index is 1.88. The maximum Gasteiger partial charge on any atom is 0.387 e. The first-order chi connectivity index (χ1) is 13.4. The summed E-state index contributed by atoms with van der Waals surface area (Å²) in [5, 5.41) is 2.83. The molecular formula is C20H24F2N2O4. The Morgan fingerprint density at radius 3 is 2.39 bits per heavy atom. The number of methoxy groups -OCH3 is 1. The summed E-state index contributed by atoms with van der Waals surface area (Å²) in [7, 11) is 3.21. The quantitative estimate of drug-likeness (QED) is 0.698. The van der Waals surface area contributed by atoms with Gasteiger partial charge in [-0.2, -0.15) is 8.78 Å². The minimum Gasteiger partial charge on any atom is -0.493 e. The molecule has 0 bridgehead atoms. The Kier molecular flexibility index (Phi) is 7.86. The average Bonchev–Trinajstić information content (AvgIpc) is 2.68. The summed E-state index contributed by atoms with van der Waals surface area (Å²) < 4.78 is 39.4. The van der Waals surface area contributed by atoms with E-state index in [1.54, 1.807) is 32.4 Å². The lowest BCUT2D eigenvalue weighted by Crippen LogP contribution is -2.36. The van der Waals surface area contributed by atoms with Gasteiger partial charge in [0.2, 0.25) is 0 Å². The van der Waals surface area contributed by atoms with E-state index in [-0.39, 0.29) is 11.8 Å². The molecule has 8 heteroatoms. The Morgan fingerprint density at radius 2 is 1.79 bits per heavy atom. The Labute approximate surface area is 163 Å². The molecular weight excluding hydrogens is 370 g/mol. The van der Waals surface area contributed by atoms with Gasteiger partial charge in [-0.05, 0) is 42.3 Å². The summed E-state index contributed by atoms with van der Waals surface area (Å²) in [6.07, 6.45) is 0. The molecule has 2 rings (SSSR count). The molecule has 0 fully saturated rings. The van der Waals surface area contributed by atoms with E-state index in [0.717, 1.165) is 11.1 Å². The van der Waals surface area contributed by atoms with Gasteiger partial charge in [0, 0.05) is 20.1 Å². The third-order valence-corrected chi connectivity index (χ3v) is 3.89. The van der Waals surface area contributed by atoms with Crippen molar-refractivity contribution in [3.63, 3.8) is 0 Å². The van der Waals surface area contributed by atoms with Crippen LogP contribution < -0.4 is 19.5 Å². The Morgan fingerprint density at radius 1 is 1.11 bits per heavy atom. The summed E-state index contributed by atoms with van der Waals surface area (Å²) in [4.78, 5) is 13.8. The molecule has 0 saturated heterocycles. The van der Waals surface area contributed by atoms with Gasteiger partial charge in [0.05, 0.1) is 13.7 Å². The Hall–Kier alpha value is -3.03. The lowest BCUT2D eigenvalue weighted by Gasteiger charge is -2.19. The fraction of sp³-hybridized carbons (Fsp3) is 0.350. The van der Waals surface area contributed by atoms with Crippen molar-refractivity contribution in [1.82, 2.24) is 10.2 Å². The van der Waals surface area contributed by atoms with Crippen molar-refractivity contribution in [1.29, 1.82) is 0 Å². The fourth-order valence-corrected chi connectivity index (χ4v) is 2.53. The standard InChI is InChI=1S/C20H24F2N2O4/c1-4-27-17-10-7-15(11-18(17)26-3)12-23-20(25)24(2)13-14-5-8-16(9-6-14)28-19(21)22/h5-11,19H,4,12-13H2,1-3H3,(H,23,25). The van der Waals surface area contributed by atoms with Gasteiger partial charge < -0.3 is 24.4 Å². The lowest BCUT2D eigenvalue weighted by molar-refractivity contribution is -0.0498. The minimum atomic E-state index is -2.86. The molecule has 0 aliphatic rings. The summed E-state index contributed by atoms with van der Waals surface area (Å²) in [5.41, 5.74) is 1.66. The van der Waals surface area contributed by atoms with Gasteiger partial charge in [-0.25, -0.2) is 4.79 Å². The number of hydrogen-bond acceptors (Lipinski definition) is 4. The first kappa shape index (κ1) is 21.3. The number of ether oxygens (including phenoxy) is 3. The van der Waals surface area contributed by atoms with Crippen LogP contribution in [0.15, 0.2) is 42.5 Å². The number of benzene rings is 2. The van der Waals surface area contributed by atoms with E-state index in [2.05, 4.69) is 10.1 Å². The lowest BCUT2D eigenvalue weighted by atomic mass is 10.2. The number of carbonyl (C=O) groups excluding carboxylic acids is 1. The second kappa shape index (κ2) is 10.3. The number of rotatable bonds is 9. The zero-order chi connectivity index (χ0) is 20.5. The molecule has 0 saturated carbocycles. The van der Waals surface area contributed by atoms with E-state index in [1.807, 2.05) is 19.1 Å². The molecule has 2 aromatic carbocycles. The smallest absolute Gasteiger partial charge is 0.387 e. The van der Waals surface area contributed by atoms with Gasteiger partial charge in [-0.15, -0.1) is 0 Å². The van der Waals surface area contributed by atoms with Crippen LogP contribution in [0.4, 0.5) is 13.6 Å². The predicted molar refractivity (Wildman–Crippen MR) is 101 cm³/mol. The predicted octanol–water partition coefficient (Wildman–Crippen LogP) is 4.04. The van der Waals surface area contributed by atoms with Gasteiger partial charge in [0.1, 0.15) is 5.75 Å². The molecule has 0 atom stereocenters. The maximum absolute atomic E-state index is 12.3. The number of nitrogens with one attached hydrogen (secondary N) is 1. The van der Waals surface area contributed by atoms with Crippen molar-refractivity contribution < 1.29 is 27.8 Å². The molecule has 0 spiro atoms. The number of carbonyl (C=O) groups is 1. The minimum absolute atomic E-state index is 0.0790. The molecule has 0 unspecified atom stereocenters. The summed E-state index contributed by atoms with van der Waals surface area (Å²) in [6.45, 7) is 0.219. The van der Waals surface area contributed by atoms with E-state index in [1.165, 1.54) is 17.0 Å². The molecule has 0 aliphatic heterocycles.